The van der Waals surface area contributed by atoms with Crippen molar-refractivity contribution in [2.75, 3.05) is 7.11 Å². The molecule has 0 saturated heterocycles. The summed E-state index contributed by atoms with van der Waals surface area (Å²) in [5.41, 5.74) is 8.06. The van der Waals surface area contributed by atoms with Gasteiger partial charge in [0.15, 0.2) is 0 Å². The summed E-state index contributed by atoms with van der Waals surface area (Å²) in [5, 5.41) is 15.7. The number of nitrogens with zero attached hydrogens (tertiary/aromatic N) is 4. The highest BCUT2D eigenvalue weighted by Crippen LogP contribution is 2.27. The predicted molar refractivity (Wildman–Crippen MR) is 123 cm³/mol. The first-order chi connectivity index (χ1) is 16.0. The van der Waals surface area contributed by atoms with Gasteiger partial charge in [-0.15, -0.1) is 0 Å². The Bertz CT molecular complexity index is 1320. The molecule has 0 atom stereocenters. The van der Waals surface area contributed by atoms with Gasteiger partial charge in [-0.2, -0.15) is 15.3 Å². The fourth-order valence-electron chi connectivity index (χ4n) is 3.45. The van der Waals surface area contributed by atoms with Gasteiger partial charge in [0, 0.05) is 5.56 Å². The average Bonchev–Trinajstić information content (AvgIpc) is 3.43. The van der Waals surface area contributed by atoms with Crippen LogP contribution in [0.15, 0.2) is 65.8 Å². The lowest BCUT2D eigenvalue weighted by molar-refractivity contribution is 0.0600. The van der Waals surface area contributed by atoms with Crippen LogP contribution in [0.1, 0.15) is 37.8 Å². The smallest absolute Gasteiger partial charge is 0.337 e. The lowest BCUT2D eigenvalue weighted by Gasteiger charge is -2.04. The summed E-state index contributed by atoms with van der Waals surface area (Å²) < 4.78 is 6.52. The fraction of sp³-hybridized carbons (Fsp3) is 0.125. The number of aromatic nitrogens is 4. The van der Waals surface area contributed by atoms with Crippen LogP contribution in [0.2, 0.25) is 0 Å². The summed E-state index contributed by atoms with van der Waals surface area (Å²) in [7, 11) is 1.33. The normalized spacial score (nSPS) is 11.0. The van der Waals surface area contributed by atoms with E-state index in [1.165, 1.54) is 13.3 Å². The highest BCUT2D eigenvalue weighted by molar-refractivity contribution is 5.94. The second kappa shape index (κ2) is 9.31. The Balaban J connectivity index is 1.46. The molecule has 9 nitrogen and oxygen atoms in total. The zero-order chi connectivity index (χ0) is 23.4. The first-order valence-corrected chi connectivity index (χ1v) is 10.2. The van der Waals surface area contributed by atoms with Crippen LogP contribution in [-0.4, -0.2) is 45.2 Å². The number of esters is 1. The molecule has 0 radical (unpaired) electrons. The van der Waals surface area contributed by atoms with E-state index in [9.17, 15) is 9.59 Å². The van der Waals surface area contributed by atoms with Crippen LogP contribution in [0.3, 0.4) is 0 Å². The lowest BCUT2D eigenvalue weighted by Crippen LogP contribution is -2.18. The van der Waals surface area contributed by atoms with Gasteiger partial charge in [0.1, 0.15) is 5.69 Å². The summed E-state index contributed by atoms with van der Waals surface area (Å²) in [6.45, 7) is 3.87. The molecule has 9 heteroatoms. The molecule has 0 spiro atoms. The van der Waals surface area contributed by atoms with Crippen molar-refractivity contribution < 1.29 is 14.3 Å². The molecule has 2 heterocycles. The predicted octanol–water partition coefficient (Wildman–Crippen LogP) is 3.43. The Morgan fingerprint density at radius 3 is 2.52 bits per heavy atom. The van der Waals surface area contributed by atoms with E-state index in [1.54, 1.807) is 30.3 Å². The standard InChI is InChI=1S/C24H22N6O3/c1-15-22(16(2)30(29-15)19-7-5-4-6-8-19)20-13-21(27-26-20)23(31)28-25-14-17-9-11-18(12-10-17)24(32)33-3/h4-14H,1-3H3,(H,26,27)(H,28,31). The third-order valence-corrected chi connectivity index (χ3v) is 5.08. The molecule has 166 valence electrons. The van der Waals surface area contributed by atoms with Crippen molar-refractivity contribution in [3.8, 4) is 16.9 Å². The highest BCUT2D eigenvalue weighted by Gasteiger charge is 2.18. The summed E-state index contributed by atoms with van der Waals surface area (Å²) in [6.07, 6.45) is 1.48. The molecular formula is C24H22N6O3. The van der Waals surface area contributed by atoms with E-state index in [0.717, 1.165) is 22.6 Å². The van der Waals surface area contributed by atoms with Crippen molar-refractivity contribution in [2.24, 2.45) is 5.10 Å². The number of carbonyl (C=O) groups excluding carboxylic acids is 2. The monoisotopic (exact) mass is 442 g/mol. The fourth-order valence-corrected chi connectivity index (χ4v) is 3.45. The lowest BCUT2D eigenvalue weighted by atomic mass is 10.1. The zero-order valence-corrected chi connectivity index (χ0v) is 18.4. The number of amides is 1. The van der Waals surface area contributed by atoms with Crippen molar-refractivity contribution in [1.82, 2.24) is 25.4 Å². The molecule has 33 heavy (non-hydrogen) atoms. The maximum Gasteiger partial charge on any atom is 0.337 e. The maximum atomic E-state index is 12.5. The minimum absolute atomic E-state index is 0.273. The molecule has 0 aliphatic rings. The summed E-state index contributed by atoms with van der Waals surface area (Å²) in [5.74, 6) is -0.844. The van der Waals surface area contributed by atoms with Crippen LogP contribution in [0, 0.1) is 13.8 Å². The maximum absolute atomic E-state index is 12.5. The molecule has 2 aromatic carbocycles. The van der Waals surface area contributed by atoms with E-state index in [2.05, 4.69) is 30.6 Å². The van der Waals surface area contributed by atoms with Crippen molar-refractivity contribution >= 4 is 18.1 Å². The molecule has 4 rings (SSSR count). The van der Waals surface area contributed by atoms with E-state index in [0.29, 0.717) is 16.8 Å². The van der Waals surface area contributed by atoms with Gasteiger partial charge in [0.25, 0.3) is 5.91 Å². The Morgan fingerprint density at radius 2 is 1.82 bits per heavy atom. The van der Waals surface area contributed by atoms with E-state index >= 15 is 0 Å². The van der Waals surface area contributed by atoms with Gasteiger partial charge in [-0.25, -0.2) is 14.9 Å². The number of methoxy groups -OCH3 is 1. The van der Waals surface area contributed by atoms with E-state index in [4.69, 9.17) is 0 Å². The van der Waals surface area contributed by atoms with Crippen molar-refractivity contribution in [3.63, 3.8) is 0 Å². The van der Waals surface area contributed by atoms with E-state index in [-0.39, 0.29) is 5.69 Å². The van der Waals surface area contributed by atoms with Gasteiger partial charge in [0.2, 0.25) is 0 Å². The number of para-hydroxylation sites is 1. The molecule has 2 N–H and O–H groups in total. The Hall–Kier alpha value is -4.53. The number of carbonyl (C=O) groups is 2. The van der Waals surface area contributed by atoms with E-state index in [1.807, 2.05) is 48.9 Å². The molecule has 0 bridgehead atoms. The number of hydrazone groups is 1. The number of hydrogen-bond acceptors (Lipinski definition) is 6. The number of aryl methyl sites for hydroxylation is 1. The molecule has 0 unspecified atom stereocenters. The number of H-pyrrole nitrogens is 1. The van der Waals surface area contributed by atoms with Crippen LogP contribution in [0.5, 0.6) is 0 Å². The Labute approximate surface area is 190 Å². The Morgan fingerprint density at radius 1 is 1.09 bits per heavy atom. The van der Waals surface area contributed by atoms with Crippen LogP contribution in [0.4, 0.5) is 0 Å². The van der Waals surface area contributed by atoms with Crippen LogP contribution in [0.25, 0.3) is 16.9 Å². The molecular weight excluding hydrogens is 420 g/mol. The third-order valence-electron chi connectivity index (χ3n) is 5.08. The van der Waals surface area contributed by atoms with Gasteiger partial charge in [-0.1, -0.05) is 30.3 Å². The SMILES string of the molecule is COC(=O)c1ccc(C=NNC(=O)c2cc(-c3c(C)nn(-c4ccccc4)c3C)n[nH]2)cc1. The van der Waals surface area contributed by atoms with Crippen molar-refractivity contribution in [3.05, 3.63) is 88.9 Å². The molecule has 0 saturated carbocycles. The number of benzene rings is 2. The van der Waals surface area contributed by atoms with Gasteiger partial charge in [-0.3, -0.25) is 9.89 Å². The number of nitrogens with one attached hydrogen (secondary N) is 2. The van der Waals surface area contributed by atoms with Gasteiger partial charge >= 0.3 is 5.97 Å². The van der Waals surface area contributed by atoms with Crippen LogP contribution >= 0.6 is 0 Å². The highest BCUT2D eigenvalue weighted by atomic mass is 16.5. The van der Waals surface area contributed by atoms with Crippen molar-refractivity contribution in [2.45, 2.75) is 13.8 Å². The van der Waals surface area contributed by atoms with Crippen molar-refractivity contribution in [1.29, 1.82) is 0 Å². The van der Waals surface area contributed by atoms with Crippen LogP contribution < -0.4 is 5.43 Å². The number of rotatable bonds is 6. The first kappa shape index (κ1) is 21.7. The average molecular weight is 442 g/mol. The summed E-state index contributed by atoms with van der Waals surface area (Å²) in [6, 6.07) is 18.1. The minimum Gasteiger partial charge on any atom is -0.465 e. The van der Waals surface area contributed by atoms with Gasteiger partial charge in [0.05, 0.1) is 41.7 Å². The van der Waals surface area contributed by atoms with Gasteiger partial charge < -0.3 is 4.74 Å². The number of ether oxygens (including phenoxy) is 1. The molecule has 2 aromatic heterocycles. The van der Waals surface area contributed by atoms with E-state index < -0.39 is 11.9 Å². The summed E-state index contributed by atoms with van der Waals surface area (Å²) in [4.78, 5) is 24.0. The second-order valence-electron chi connectivity index (χ2n) is 7.27. The molecule has 0 fully saturated rings. The zero-order valence-electron chi connectivity index (χ0n) is 18.4. The molecule has 1 amide bonds. The van der Waals surface area contributed by atoms with Crippen LogP contribution in [-0.2, 0) is 4.74 Å². The first-order valence-electron chi connectivity index (χ1n) is 10.2. The topological polar surface area (TPSA) is 114 Å². The number of hydrogen-bond donors (Lipinski definition) is 2. The third kappa shape index (κ3) is 4.57. The largest absolute Gasteiger partial charge is 0.465 e. The quantitative estimate of drug-likeness (QED) is 0.270. The molecule has 0 aliphatic heterocycles. The van der Waals surface area contributed by atoms with Gasteiger partial charge in [-0.05, 0) is 49.7 Å². The molecule has 0 aliphatic carbocycles. The summed E-state index contributed by atoms with van der Waals surface area (Å²) >= 11 is 0. The second-order valence-corrected chi connectivity index (χ2v) is 7.27. The minimum atomic E-state index is -0.429. The Kier molecular flexibility index (Phi) is 6.12. The molecule has 4 aromatic rings. The number of aromatic amines is 1.